The molecule has 0 saturated heterocycles. The highest BCUT2D eigenvalue weighted by Gasteiger charge is 2.22. The van der Waals surface area contributed by atoms with Crippen LogP contribution in [0.5, 0.6) is 0 Å². The minimum absolute atomic E-state index is 0.0675. The molecule has 2 aromatic rings. The van der Waals surface area contributed by atoms with E-state index in [2.05, 4.69) is 10.3 Å². The van der Waals surface area contributed by atoms with Gasteiger partial charge in [0.05, 0.1) is 0 Å². The number of anilines is 3. The Bertz CT molecular complexity index is 748. The Morgan fingerprint density at radius 1 is 1.38 bits per heavy atom. The van der Waals surface area contributed by atoms with Crippen LogP contribution in [-0.4, -0.2) is 17.4 Å². The third-order valence-corrected chi connectivity index (χ3v) is 3.49. The van der Waals surface area contributed by atoms with Crippen LogP contribution < -0.4 is 10.2 Å². The monoisotopic (exact) mass is 278 g/mol. The lowest BCUT2D eigenvalue weighted by Crippen LogP contribution is -2.25. The van der Waals surface area contributed by atoms with Gasteiger partial charge in [-0.1, -0.05) is 6.07 Å². The second kappa shape index (κ2) is 5.25. The van der Waals surface area contributed by atoms with Crippen molar-refractivity contribution in [2.24, 2.45) is 0 Å². The molecule has 5 nitrogen and oxygen atoms in total. The zero-order valence-corrected chi connectivity index (χ0v) is 11.6. The van der Waals surface area contributed by atoms with Crippen molar-refractivity contribution in [1.82, 2.24) is 4.98 Å². The highest BCUT2D eigenvalue weighted by Crippen LogP contribution is 2.31. The Morgan fingerprint density at radius 3 is 3.00 bits per heavy atom. The first-order valence-corrected chi connectivity index (χ1v) is 6.72. The van der Waals surface area contributed by atoms with Gasteiger partial charge in [-0.15, -0.1) is 0 Å². The molecule has 0 unspecified atom stereocenters. The number of nitrogens with one attached hydrogen (secondary N) is 1. The van der Waals surface area contributed by atoms with E-state index in [1.165, 1.54) is 0 Å². The summed E-state index contributed by atoms with van der Waals surface area (Å²) < 4.78 is 0. The van der Waals surface area contributed by atoms with Crippen LogP contribution in [0.2, 0.25) is 0 Å². The maximum Gasteiger partial charge on any atom is 0.223 e. The molecule has 0 aliphatic carbocycles. The summed E-state index contributed by atoms with van der Waals surface area (Å²) in [6.07, 6.45) is 0.857. The van der Waals surface area contributed by atoms with Gasteiger partial charge in [-0.05, 0) is 42.3 Å². The third kappa shape index (κ3) is 2.56. The predicted molar refractivity (Wildman–Crippen MR) is 80.4 cm³/mol. The average Bonchev–Trinajstić information content (AvgIpc) is 2.90. The average molecular weight is 278 g/mol. The molecule has 2 heterocycles. The van der Waals surface area contributed by atoms with Crippen molar-refractivity contribution in [3.63, 3.8) is 0 Å². The maximum absolute atomic E-state index is 11.5. The van der Waals surface area contributed by atoms with E-state index in [4.69, 9.17) is 5.26 Å². The number of fused-ring (bicyclic) bond motifs is 1. The van der Waals surface area contributed by atoms with E-state index in [1.807, 2.05) is 30.3 Å². The van der Waals surface area contributed by atoms with Gasteiger partial charge in [-0.3, -0.25) is 4.79 Å². The van der Waals surface area contributed by atoms with E-state index in [0.29, 0.717) is 11.5 Å². The number of carbonyl (C=O) groups excluding carboxylic acids is 1. The summed E-state index contributed by atoms with van der Waals surface area (Å²) in [6, 6.07) is 13.2. The van der Waals surface area contributed by atoms with Crippen molar-refractivity contribution in [2.45, 2.75) is 13.3 Å². The molecule has 1 aliphatic heterocycles. The summed E-state index contributed by atoms with van der Waals surface area (Å²) in [5.74, 6) is 0.702. The fourth-order valence-corrected chi connectivity index (χ4v) is 2.52. The minimum Gasteiger partial charge on any atom is -0.340 e. The normalized spacial score (nSPS) is 12.7. The topological polar surface area (TPSA) is 69.0 Å². The predicted octanol–water partition coefficient (Wildman–Crippen LogP) is 2.61. The quantitative estimate of drug-likeness (QED) is 0.916. The number of amides is 1. The second-order valence-electron chi connectivity index (χ2n) is 4.91. The number of pyridine rings is 1. The molecular weight excluding hydrogens is 264 g/mol. The van der Waals surface area contributed by atoms with Crippen molar-refractivity contribution in [1.29, 1.82) is 5.26 Å². The number of nitriles is 1. The number of hydrogen-bond acceptors (Lipinski definition) is 4. The van der Waals surface area contributed by atoms with Gasteiger partial charge in [0.2, 0.25) is 5.91 Å². The van der Waals surface area contributed by atoms with Gasteiger partial charge in [-0.2, -0.15) is 5.26 Å². The van der Waals surface area contributed by atoms with Gasteiger partial charge in [0.15, 0.2) is 0 Å². The van der Waals surface area contributed by atoms with Crippen molar-refractivity contribution >= 4 is 23.1 Å². The maximum atomic E-state index is 11.5. The standard InChI is InChI=1S/C16H14N4O/c1-11(21)20-8-7-12-9-13(5-6-15(12)20)18-16-4-2-3-14(10-17)19-16/h2-6,9H,7-8H2,1H3,(H,18,19). The van der Waals surface area contributed by atoms with Crippen molar-refractivity contribution in [3.05, 3.63) is 47.7 Å². The fraction of sp³-hybridized carbons (Fsp3) is 0.188. The lowest BCUT2D eigenvalue weighted by molar-refractivity contribution is -0.116. The summed E-state index contributed by atoms with van der Waals surface area (Å²) in [4.78, 5) is 17.5. The Labute approximate surface area is 122 Å². The zero-order chi connectivity index (χ0) is 14.8. The minimum atomic E-state index is 0.0675. The van der Waals surface area contributed by atoms with Crippen LogP contribution in [-0.2, 0) is 11.2 Å². The van der Waals surface area contributed by atoms with Crippen LogP contribution in [0.3, 0.4) is 0 Å². The van der Waals surface area contributed by atoms with Gasteiger partial charge in [0.25, 0.3) is 0 Å². The Kier molecular flexibility index (Phi) is 3.28. The first-order chi connectivity index (χ1) is 10.2. The molecule has 1 aromatic carbocycles. The van der Waals surface area contributed by atoms with E-state index in [-0.39, 0.29) is 5.91 Å². The molecule has 1 aromatic heterocycles. The van der Waals surface area contributed by atoms with E-state index in [9.17, 15) is 4.79 Å². The highest BCUT2D eigenvalue weighted by molar-refractivity contribution is 5.94. The molecule has 0 atom stereocenters. The number of rotatable bonds is 2. The van der Waals surface area contributed by atoms with Gasteiger partial charge < -0.3 is 10.2 Å². The summed E-state index contributed by atoms with van der Waals surface area (Å²) >= 11 is 0. The third-order valence-electron chi connectivity index (χ3n) is 3.49. The molecule has 21 heavy (non-hydrogen) atoms. The molecule has 1 amide bonds. The van der Waals surface area contributed by atoms with Crippen LogP contribution >= 0.6 is 0 Å². The van der Waals surface area contributed by atoms with Crippen LogP contribution in [0.25, 0.3) is 0 Å². The molecular formula is C16H14N4O. The first kappa shape index (κ1) is 13.1. The van der Waals surface area contributed by atoms with E-state index in [1.54, 1.807) is 24.0 Å². The van der Waals surface area contributed by atoms with Crippen molar-refractivity contribution < 1.29 is 4.79 Å². The van der Waals surface area contributed by atoms with Crippen molar-refractivity contribution in [2.75, 3.05) is 16.8 Å². The highest BCUT2D eigenvalue weighted by atomic mass is 16.2. The molecule has 0 spiro atoms. The SMILES string of the molecule is CC(=O)N1CCc2cc(Nc3cccc(C#N)n3)ccc21. The lowest BCUT2D eigenvalue weighted by atomic mass is 10.1. The Balaban J connectivity index is 1.85. The molecule has 1 aliphatic rings. The van der Waals surface area contributed by atoms with E-state index in [0.717, 1.165) is 29.9 Å². The molecule has 0 fully saturated rings. The summed E-state index contributed by atoms with van der Waals surface area (Å²) in [5.41, 5.74) is 3.41. The zero-order valence-electron chi connectivity index (χ0n) is 11.6. The van der Waals surface area contributed by atoms with Crippen LogP contribution in [0.15, 0.2) is 36.4 Å². The van der Waals surface area contributed by atoms with Crippen LogP contribution in [0.1, 0.15) is 18.2 Å². The van der Waals surface area contributed by atoms with Gasteiger partial charge >= 0.3 is 0 Å². The van der Waals surface area contributed by atoms with Gasteiger partial charge in [-0.25, -0.2) is 4.98 Å². The lowest BCUT2D eigenvalue weighted by Gasteiger charge is -2.15. The molecule has 1 N–H and O–H groups in total. The fourth-order valence-electron chi connectivity index (χ4n) is 2.52. The van der Waals surface area contributed by atoms with E-state index < -0.39 is 0 Å². The van der Waals surface area contributed by atoms with Gasteiger partial charge in [0.1, 0.15) is 17.6 Å². The van der Waals surface area contributed by atoms with Crippen LogP contribution in [0, 0.1) is 11.3 Å². The Hall–Kier alpha value is -2.87. The second-order valence-corrected chi connectivity index (χ2v) is 4.91. The summed E-state index contributed by atoms with van der Waals surface area (Å²) in [5, 5.41) is 12.0. The number of aromatic nitrogens is 1. The molecule has 5 heteroatoms. The van der Waals surface area contributed by atoms with Crippen LogP contribution in [0.4, 0.5) is 17.2 Å². The largest absolute Gasteiger partial charge is 0.340 e. The molecule has 3 rings (SSSR count). The smallest absolute Gasteiger partial charge is 0.223 e. The number of benzene rings is 1. The molecule has 104 valence electrons. The number of carbonyl (C=O) groups is 1. The van der Waals surface area contributed by atoms with Gasteiger partial charge in [0, 0.05) is 24.8 Å². The Morgan fingerprint density at radius 2 is 2.24 bits per heavy atom. The summed E-state index contributed by atoms with van der Waals surface area (Å²) in [7, 11) is 0. The van der Waals surface area contributed by atoms with Crippen molar-refractivity contribution in [3.8, 4) is 6.07 Å². The first-order valence-electron chi connectivity index (χ1n) is 6.72. The number of nitrogens with zero attached hydrogens (tertiary/aromatic N) is 3. The number of hydrogen-bond donors (Lipinski definition) is 1. The summed E-state index contributed by atoms with van der Waals surface area (Å²) in [6.45, 7) is 2.31. The molecule has 0 radical (unpaired) electrons. The molecule has 0 bridgehead atoms. The molecule has 0 saturated carbocycles. The van der Waals surface area contributed by atoms with E-state index >= 15 is 0 Å².